The lowest BCUT2D eigenvalue weighted by Gasteiger charge is -2.14. The number of hydrogen-bond donors (Lipinski definition) is 2. The fourth-order valence-corrected chi connectivity index (χ4v) is 3.87. The van der Waals surface area contributed by atoms with Gasteiger partial charge in [0, 0.05) is 17.0 Å². The summed E-state index contributed by atoms with van der Waals surface area (Å²) in [6.45, 7) is 13.9. The monoisotopic (exact) mass is 360 g/mol. The van der Waals surface area contributed by atoms with Gasteiger partial charge in [-0.05, 0) is 69.9 Å². The topological polar surface area (TPSA) is 46.4 Å². The van der Waals surface area contributed by atoms with Crippen LogP contribution in [0.1, 0.15) is 41.1 Å². The highest BCUT2D eigenvalue weighted by atomic mass is 32.1. The third-order valence-corrected chi connectivity index (χ3v) is 5.52. The van der Waals surface area contributed by atoms with Gasteiger partial charge in [0.25, 0.3) is 5.91 Å². The molecule has 1 heterocycles. The second-order valence-electron chi connectivity index (χ2n) is 7.28. The van der Waals surface area contributed by atoms with Crippen molar-refractivity contribution in [3.63, 3.8) is 0 Å². The number of nitrogens with zero attached hydrogens (tertiary/aromatic N) is 1. The van der Waals surface area contributed by atoms with E-state index in [9.17, 15) is 4.79 Å². The van der Waals surface area contributed by atoms with Crippen molar-refractivity contribution >= 4 is 17.2 Å². The molecule has 1 unspecified atom stereocenters. The first-order chi connectivity index (χ1) is 11.7. The van der Waals surface area contributed by atoms with Crippen LogP contribution in [-0.4, -0.2) is 30.5 Å². The number of benzene rings is 1. The summed E-state index contributed by atoms with van der Waals surface area (Å²) in [6, 6.07) is 2.42. The van der Waals surface area contributed by atoms with Gasteiger partial charge >= 0.3 is 0 Å². The molecule has 0 spiro atoms. The molecule has 1 aromatic carbocycles. The number of likely N-dealkylation sites (N-methyl/N-ethyl adjacent to an activating group) is 1. The van der Waals surface area contributed by atoms with E-state index in [1.807, 2.05) is 20.9 Å². The zero-order chi connectivity index (χ0) is 18.7. The molecule has 0 fully saturated rings. The van der Waals surface area contributed by atoms with Gasteiger partial charge in [-0.3, -0.25) is 4.79 Å². The Balaban J connectivity index is 2.12. The largest absolute Gasteiger partial charge is 0.349 e. The maximum absolute atomic E-state index is 11.9. The van der Waals surface area contributed by atoms with Crippen molar-refractivity contribution in [1.82, 2.24) is 10.3 Å². The van der Waals surface area contributed by atoms with Crippen molar-refractivity contribution in [2.45, 2.75) is 54.1 Å². The molecule has 2 aromatic rings. The van der Waals surface area contributed by atoms with Crippen molar-refractivity contribution in [2.75, 3.05) is 13.6 Å². The number of quaternary nitrogens is 1. The Labute approximate surface area is 155 Å². The van der Waals surface area contributed by atoms with Gasteiger partial charge in [-0.2, -0.15) is 0 Å². The molecule has 5 heteroatoms. The number of nitrogens with one attached hydrogen (secondary N) is 2. The highest BCUT2D eigenvalue weighted by molar-refractivity contribution is 7.09. The third kappa shape index (κ3) is 4.89. The molecule has 2 N–H and O–H groups in total. The van der Waals surface area contributed by atoms with Gasteiger partial charge in [0.1, 0.15) is 11.6 Å². The van der Waals surface area contributed by atoms with Crippen LogP contribution in [0.15, 0.2) is 11.4 Å². The number of amides is 1. The number of hydrogen-bond acceptors (Lipinski definition) is 3. The second kappa shape index (κ2) is 8.11. The maximum Gasteiger partial charge on any atom is 0.275 e. The molecular formula is C20H30N3OS+. The van der Waals surface area contributed by atoms with E-state index in [0.29, 0.717) is 6.54 Å². The van der Waals surface area contributed by atoms with E-state index in [0.717, 1.165) is 22.1 Å². The molecule has 0 radical (unpaired) electrons. The van der Waals surface area contributed by atoms with Gasteiger partial charge < -0.3 is 10.2 Å². The Bertz CT molecular complexity index is 765. The molecule has 0 aliphatic carbocycles. The van der Waals surface area contributed by atoms with Gasteiger partial charge in [-0.25, -0.2) is 4.98 Å². The van der Waals surface area contributed by atoms with Crippen LogP contribution in [0.3, 0.4) is 0 Å². The summed E-state index contributed by atoms with van der Waals surface area (Å²) >= 11 is 1.67. The normalized spacial score (nSPS) is 12.5. The Morgan fingerprint density at radius 1 is 1.20 bits per heavy atom. The van der Waals surface area contributed by atoms with Crippen LogP contribution in [0, 0.1) is 27.7 Å². The summed E-state index contributed by atoms with van der Waals surface area (Å²) in [5.41, 5.74) is 7.58. The van der Waals surface area contributed by atoms with Crippen LogP contribution in [-0.2, 0) is 11.3 Å². The van der Waals surface area contributed by atoms with E-state index in [4.69, 9.17) is 4.98 Å². The lowest BCUT2D eigenvalue weighted by atomic mass is 9.93. The molecule has 0 aliphatic rings. The predicted octanol–water partition coefficient (Wildman–Crippen LogP) is 2.58. The van der Waals surface area contributed by atoms with Crippen LogP contribution in [0.4, 0.5) is 0 Å². The zero-order valence-corrected chi connectivity index (χ0v) is 17.2. The molecule has 0 saturated heterocycles. The number of aryl methyl sites for hydroxylation is 1. The second-order valence-corrected chi connectivity index (χ2v) is 8.22. The van der Waals surface area contributed by atoms with E-state index in [1.54, 1.807) is 11.3 Å². The van der Waals surface area contributed by atoms with Crippen molar-refractivity contribution in [1.29, 1.82) is 0 Å². The molecular weight excluding hydrogens is 330 g/mol. The molecule has 4 nitrogen and oxygen atoms in total. The van der Waals surface area contributed by atoms with Crippen molar-refractivity contribution in [3.8, 4) is 11.3 Å². The third-order valence-electron chi connectivity index (χ3n) is 4.67. The van der Waals surface area contributed by atoms with Gasteiger partial charge in [0.05, 0.1) is 12.7 Å². The summed E-state index contributed by atoms with van der Waals surface area (Å²) in [4.78, 5) is 17.9. The molecule has 136 valence electrons. The Kier molecular flexibility index (Phi) is 6.36. The smallest absolute Gasteiger partial charge is 0.275 e. The van der Waals surface area contributed by atoms with Gasteiger partial charge in [-0.15, -0.1) is 11.3 Å². The quantitative estimate of drug-likeness (QED) is 0.832. The summed E-state index contributed by atoms with van der Waals surface area (Å²) in [6.07, 6.45) is 0. The molecule has 25 heavy (non-hydrogen) atoms. The molecule has 1 atom stereocenters. The van der Waals surface area contributed by atoms with E-state index in [-0.39, 0.29) is 11.9 Å². The Hall–Kier alpha value is -1.72. The average molecular weight is 361 g/mol. The van der Waals surface area contributed by atoms with E-state index in [1.165, 1.54) is 27.8 Å². The first-order valence-corrected chi connectivity index (χ1v) is 9.69. The van der Waals surface area contributed by atoms with Crippen molar-refractivity contribution in [3.05, 3.63) is 38.7 Å². The van der Waals surface area contributed by atoms with Crippen LogP contribution in [0.5, 0.6) is 0 Å². The van der Waals surface area contributed by atoms with Gasteiger partial charge in [0.15, 0.2) is 6.54 Å². The minimum atomic E-state index is 0.0879. The van der Waals surface area contributed by atoms with Crippen LogP contribution < -0.4 is 10.2 Å². The minimum absolute atomic E-state index is 0.0879. The molecule has 0 aliphatic heterocycles. The van der Waals surface area contributed by atoms with Crippen molar-refractivity contribution in [2.24, 2.45) is 0 Å². The Morgan fingerprint density at radius 2 is 1.88 bits per heavy atom. The highest BCUT2D eigenvalue weighted by Gasteiger charge is 2.16. The molecule has 2 rings (SSSR count). The molecule has 0 saturated carbocycles. The molecule has 1 amide bonds. The van der Waals surface area contributed by atoms with Gasteiger partial charge in [-0.1, -0.05) is 0 Å². The summed E-state index contributed by atoms with van der Waals surface area (Å²) < 4.78 is 0. The lowest BCUT2D eigenvalue weighted by molar-refractivity contribution is -0.885. The number of aromatic nitrogens is 1. The van der Waals surface area contributed by atoms with Crippen molar-refractivity contribution < 1.29 is 9.69 Å². The number of carbonyl (C=O) groups is 1. The number of rotatable bonds is 6. The van der Waals surface area contributed by atoms with Crippen LogP contribution >= 0.6 is 11.3 Å². The summed E-state index contributed by atoms with van der Waals surface area (Å²) in [5.74, 6) is 0.0879. The standard InChI is InChI=1S/C20H29N3OS/c1-12(2)21-19(24)9-23(7)10-20-22-18(11-25-20)17-8-13(3)14(4)15(5)16(17)6/h8,11-12H,9-10H2,1-7H3,(H,21,24)/p+1. The number of carbonyl (C=O) groups excluding carboxylic acids is 1. The minimum Gasteiger partial charge on any atom is -0.349 e. The molecule has 0 bridgehead atoms. The predicted molar refractivity (Wildman–Crippen MR) is 105 cm³/mol. The Morgan fingerprint density at radius 3 is 2.52 bits per heavy atom. The highest BCUT2D eigenvalue weighted by Crippen LogP contribution is 2.30. The SMILES string of the molecule is Cc1cc(-c2csc(C[NH+](C)CC(=O)NC(C)C)n2)c(C)c(C)c1C. The first kappa shape index (κ1) is 19.6. The fourth-order valence-electron chi connectivity index (χ4n) is 2.96. The average Bonchev–Trinajstić information content (AvgIpc) is 2.95. The van der Waals surface area contributed by atoms with Crippen LogP contribution in [0.25, 0.3) is 11.3 Å². The number of thiazole rings is 1. The fraction of sp³-hybridized carbons (Fsp3) is 0.500. The van der Waals surface area contributed by atoms with E-state index < -0.39 is 0 Å². The summed E-state index contributed by atoms with van der Waals surface area (Å²) in [5, 5.41) is 6.14. The van der Waals surface area contributed by atoms with Gasteiger partial charge in [0.2, 0.25) is 0 Å². The maximum atomic E-state index is 11.9. The lowest BCUT2D eigenvalue weighted by Crippen LogP contribution is -3.09. The summed E-state index contributed by atoms with van der Waals surface area (Å²) in [7, 11) is 2.03. The van der Waals surface area contributed by atoms with E-state index >= 15 is 0 Å². The first-order valence-electron chi connectivity index (χ1n) is 8.81. The molecule has 1 aromatic heterocycles. The zero-order valence-electron chi connectivity index (χ0n) is 16.4. The van der Waals surface area contributed by atoms with Crippen LogP contribution in [0.2, 0.25) is 0 Å². The van der Waals surface area contributed by atoms with E-state index in [2.05, 4.69) is 44.5 Å².